The van der Waals surface area contributed by atoms with Crippen molar-refractivity contribution in [3.05, 3.63) is 34.3 Å². The molecule has 0 N–H and O–H groups in total. The molecule has 0 spiro atoms. The van der Waals surface area contributed by atoms with Gasteiger partial charge in [0.2, 0.25) is 0 Å². The predicted molar refractivity (Wildman–Crippen MR) is 82.5 cm³/mol. The number of carbonyl (C=O) groups is 1. The van der Waals surface area contributed by atoms with Crippen LogP contribution in [0.2, 0.25) is 0 Å². The van der Waals surface area contributed by atoms with Crippen molar-refractivity contribution < 1.29 is 4.79 Å². The maximum absolute atomic E-state index is 12.0. The van der Waals surface area contributed by atoms with E-state index in [0.29, 0.717) is 6.42 Å². The number of hydrogen-bond donors (Lipinski definition) is 0. The quantitative estimate of drug-likeness (QED) is 0.733. The van der Waals surface area contributed by atoms with Crippen molar-refractivity contribution in [2.24, 2.45) is 5.92 Å². The van der Waals surface area contributed by atoms with Crippen molar-refractivity contribution in [3.8, 4) is 0 Å². The molecule has 1 aromatic carbocycles. The van der Waals surface area contributed by atoms with E-state index in [1.165, 1.54) is 25.9 Å². The highest BCUT2D eigenvalue weighted by molar-refractivity contribution is 9.10. The summed E-state index contributed by atoms with van der Waals surface area (Å²) >= 11 is 3.39. The topological polar surface area (TPSA) is 20.3 Å². The molecule has 2 nitrogen and oxygen atoms in total. The number of likely N-dealkylation sites (tertiary alicyclic amines) is 1. The Bertz CT molecular complexity index is 415. The fraction of sp³-hybridized carbons (Fsp3) is 0.562. The number of Topliss-reactive ketones (excluding diaryl/α,β-unsaturated/α-hetero) is 1. The normalized spacial score (nSPS) is 19.8. The summed E-state index contributed by atoms with van der Waals surface area (Å²) < 4.78 is 1.02. The van der Waals surface area contributed by atoms with Gasteiger partial charge in [0.05, 0.1) is 0 Å². The number of carbonyl (C=O) groups excluding carboxylic acids is 1. The van der Waals surface area contributed by atoms with Crippen LogP contribution in [0.5, 0.6) is 0 Å². The van der Waals surface area contributed by atoms with Crippen LogP contribution >= 0.6 is 15.9 Å². The van der Waals surface area contributed by atoms with Crippen LogP contribution in [0.25, 0.3) is 0 Å². The molecular formula is C16H22BrNO. The van der Waals surface area contributed by atoms with E-state index >= 15 is 0 Å². The summed E-state index contributed by atoms with van der Waals surface area (Å²) in [5.41, 5.74) is 0.830. The Balaban J connectivity index is 1.71. The minimum atomic E-state index is 0.263. The molecule has 1 unspecified atom stereocenters. The lowest BCUT2D eigenvalue weighted by Gasteiger charge is -2.15. The lowest BCUT2D eigenvalue weighted by Crippen LogP contribution is -2.22. The second-order valence-corrected chi connectivity index (χ2v) is 6.31. The van der Waals surface area contributed by atoms with Gasteiger partial charge in [0.1, 0.15) is 0 Å². The summed E-state index contributed by atoms with van der Waals surface area (Å²) in [6.45, 7) is 5.78. The van der Waals surface area contributed by atoms with E-state index in [0.717, 1.165) is 28.9 Å². The SMILES string of the molecule is CCC1CCN(CCCC(=O)c2ccc(Br)cc2)C1. The standard InChI is InChI=1S/C16H22BrNO/c1-2-13-9-11-18(12-13)10-3-4-16(19)14-5-7-15(17)8-6-14/h5-8,13H,2-4,9-12H2,1H3. The van der Waals surface area contributed by atoms with Gasteiger partial charge in [0.15, 0.2) is 5.78 Å². The molecule has 0 aliphatic carbocycles. The molecule has 1 heterocycles. The van der Waals surface area contributed by atoms with Gasteiger partial charge in [-0.2, -0.15) is 0 Å². The zero-order valence-electron chi connectivity index (χ0n) is 11.6. The van der Waals surface area contributed by atoms with Crippen LogP contribution in [0.15, 0.2) is 28.7 Å². The second-order valence-electron chi connectivity index (χ2n) is 5.40. The third-order valence-corrected chi connectivity index (χ3v) is 4.52. The Morgan fingerprint density at radius 1 is 1.37 bits per heavy atom. The number of nitrogens with zero attached hydrogens (tertiary/aromatic N) is 1. The maximum atomic E-state index is 12.0. The zero-order valence-corrected chi connectivity index (χ0v) is 13.2. The molecule has 2 rings (SSSR count). The van der Waals surface area contributed by atoms with E-state index in [1.807, 2.05) is 24.3 Å². The minimum absolute atomic E-state index is 0.263. The van der Waals surface area contributed by atoms with Gasteiger partial charge in [-0.25, -0.2) is 0 Å². The second kappa shape index (κ2) is 7.20. The average molecular weight is 324 g/mol. The fourth-order valence-corrected chi connectivity index (χ4v) is 2.96. The first-order chi connectivity index (χ1) is 9.19. The largest absolute Gasteiger partial charge is 0.303 e. The molecule has 1 saturated heterocycles. The third-order valence-electron chi connectivity index (χ3n) is 3.99. The summed E-state index contributed by atoms with van der Waals surface area (Å²) in [5, 5.41) is 0. The highest BCUT2D eigenvalue weighted by atomic mass is 79.9. The van der Waals surface area contributed by atoms with Crippen LogP contribution in [0.1, 0.15) is 43.0 Å². The molecule has 19 heavy (non-hydrogen) atoms. The average Bonchev–Trinajstić information content (AvgIpc) is 2.87. The maximum Gasteiger partial charge on any atom is 0.162 e. The molecule has 1 aliphatic rings. The number of benzene rings is 1. The Morgan fingerprint density at radius 3 is 2.74 bits per heavy atom. The summed E-state index contributed by atoms with van der Waals surface area (Å²) in [6, 6.07) is 7.66. The Kier molecular flexibility index (Phi) is 5.59. The number of ketones is 1. The number of rotatable bonds is 6. The zero-order chi connectivity index (χ0) is 13.7. The van der Waals surface area contributed by atoms with Gasteiger partial charge >= 0.3 is 0 Å². The van der Waals surface area contributed by atoms with E-state index in [2.05, 4.69) is 27.8 Å². The molecule has 0 aromatic heterocycles. The van der Waals surface area contributed by atoms with Gasteiger partial charge in [0.25, 0.3) is 0 Å². The first kappa shape index (κ1) is 14.7. The molecule has 1 aliphatic heterocycles. The van der Waals surface area contributed by atoms with Crippen molar-refractivity contribution in [2.75, 3.05) is 19.6 Å². The van der Waals surface area contributed by atoms with Crippen LogP contribution in [0, 0.1) is 5.92 Å². The van der Waals surface area contributed by atoms with Crippen LogP contribution in [0.3, 0.4) is 0 Å². The van der Waals surface area contributed by atoms with Gasteiger partial charge in [-0.15, -0.1) is 0 Å². The smallest absolute Gasteiger partial charge is 0.162 e. The van der Waals surface area contributed by atoms with Crippen molar-refractivity contribution in [2.45, 2.75) is 32.6 Å². The highest BCUT2D eigenvalue weighted by Gasteiger charge is 2.20. The van der Waals surface area contributed by atoms with E-state index in [4.69, 9.17) is 0 Å². The first-order valence-electron chi connectivity index (χ1n) is 7.20. The molecule has 1 fully saturated rings. The molecule has 0 bridgehead atoms. The Labute approximate surface area is 124 Å². The van der Waals surface area contributed by atoms with Crippen LogP contribution in [0.4, 0.5) is 0 Å². The lowest BCUT2D eigenvalue weighted by atomic mass is 10.1. The Hall–Kier alpha value is -0.670. The number of hydrogen-bond acceptors (Lipinski definition) is 2. The van der Waals surface area contributed by atoms with Gasteiger partial charge in [0, 0.05) is 23.0 Å². The van der Waals surface area contributed by atoms with Gasteiger partial charge in [-0.3, -0.25) is 4.79 Å². The lowest BCUT2D eigenvalue weighted by molar-refractivity contribution is 0.0976. The fourth-order valence-electron chi connectivity index (χ4n) is 2.69. The molecule has 1 aromatic rings. The van der Waals surface area contributed by atoms with Gasteiger partial charge in [-0.1, -0.05) is 41.4 Å². The van der Waals surface area contributed by atoms with E-state index in [-0.39, 0.29) is 5.78 Å². The molecular weight excluding hydrogens is 302 g/mol. The number of halogens is 1. The van der Waals surface area contributed by atoms with Gasteiger partial charge < -0.3 is 4.90 Å². The van der Waals surface area contributed by atoms with Gasteiger partial charge in [-0.05, 0) is 44.0 Å². The van der Waals surface area contributed by atoms with Crippen molar-refractivity contribution >= 4 is 21.7 Å². The minimum Gasteiger partial charge on any atom is -0.303 e. The van der Waals surface area contributed by atoms with E-state index in [1.54, 1.807) is 0 Å². The molecule has 0 radical (unpaired) electrons. The summed E-state index contributed by atoms with van der Waals surface area (Å²) in [6.07, 6.45) is 4.26. The van der Waals surface area contributed by atoms with Crippen LogP contribution < -0.4 is 0 Å². The molecule has 0 amide bonds. The van der Waals surface area contributed by atoms with E-state index < -0.39 is 0 Å². The molecule has 104 valence electrons. The van der Waals surface area contributed by atoms with Crippen molar-refractivity contribution in [3.63, 3.8) is 0 Å². The first-order valence-corrected chi connectivity index (χ1v) is 7.99. The summed E-state index contributed by atoms with van der Waals surface area (Å²) in [7, 11) is 0. The summed E-state index contributed by atoms with van der Waals surface area (Å²) in [4.78, 5) is 14.5. The van der Waals surface area contributed by atoms with E-state index in [9.17, 15) is 4.79 Å². The molecule has 3 heteroatoms. The summed E-state index contributed by atoms with van der Waals surface area (Å²) in [5.74, 6) is 1.14. The third kappa shape index (κ3) is 4.43. The Morgan fingerprint density at radius 2 is 2.11 bits per heavy atom. The van der Waals surface area contributed by atoms with Crippen molar-refractivity contribution in [1.29, 1.82) is 0 Å². The van der Waals surface area contributed by atoms with Crippen LogP contribution in [-0.2, 0) is 0 Å². The van der Waals surface area contributed by atoms with Crippen molar-refractivity contribution in [1.82, 2.24) is 4.90 Å². The molecule has 0 saturated carbocycles. The monoisotopic (exact) mass is 323 g/mol. The molecule has 1 atom stereocenters. The van der Waals surface area contributed by atoms with Crippen LogP contribution in [-0.4, -0.2) is 30.3 Å². The predicted octanol–water partition coefficient (Wildman–Crippen LogP) is 4.14. The highest BCUT2D eigenvalue weighted by Crippen LogP contribution is 2.19.